The molecule has 0 amide bonds. The highest BCUT2D eigenvalue weighted by atomic mass is 16.6. The van der Waals surface area contributed by atoms with Crippen molar-refractivity contribution < 1.29 is 14.8 Å². The maximum absolute atomic E-state index is 10.8. The first kappa shape index (κ1) is 12.2. The Hall–Kier alpha value is -1.92. The molecule has 0 radical (unpaired) electrons. The second kappa shape index (κ2) is 4.30. The van der Waals surface area contributed by atoms with Gasteiger partial charge >= 0.3 is 11.7 Å². The molecule has 16 heavy (non-hydrogen) atoms. The van der Waals surface area contributed by atoms with Crippen molar-refractivity contribution in [3.8, 4) is 0 Å². The lowest BCUT2D eigenvalue weighted by atomic mass is 10.2. The fourth-order valence-corrected chi connectivity index (χ4v) is 1.56. The molecule has 1 heterocycles. The minimum Gasteiger partial charge on any atom is -0.481 e. The number of aliphatic carboxylic acids is 1. The van der Waals surface area contributed by atoms with Crippen LogP contribution in [0.5, 0.6) is 0 Å². The van der Waals surface area contributed by atoms with Gasteiger partial charge in [0.15, 0.2) is 0 Å². The third-order valence-corrected chi connectivity index (χ3v) is 2.14. The maximum atomic E-state index is 10.8. The highest BCUT2D eigenvalue weighted by molar-refractivity contribution is 5.71. The van der Waals surface area contributed by atoms with E-state index in [4.69, 9.17) is 5.11 Å². The summed E-state index contributed by atoms with van der Waals surface area (Å²) in [5.74, 6) is -1.11. The largest absolute Gasteiger partial charge is 0.481 e. The molecule has 7 nitrogen and oxygen atoms in total. The average molecular weight is 227 g/mol. The molecule has 0 fully saturated rings. The molecule has 0 unspecified atom stereocenters. The summed E-state index contributed by atoms with van der Waals surface area (Å²) in [7, 11) is 0. The summed E-state index contributed by atoms with van der Waals surface area (Å²) in [5.41, 5.74) is 0.191. The van der Waals surface area contributed by atoms with Gasteiger partial charge in [-0.3, -0.25) is 19.6 Å². The van der Waals surface area contributed by atoms with E-state index in [0.29, 0.717) is 0 Å². The Labute approximate surface area is 91.8 Å². The Morgan fingerprint density at radius 3 is 2.56 bits per heavy atom. The number of carboxylic acids is 1. The third-order valence-electron chi connectivity index (χ3n) is 2.14. The number of nitro groups is 1. The standard InChI is InChI=1S/C9H13N3O4/c1-5(2)11-7(4-8(13)14)9(12(15)16)6(3)10-11/h5H,4H2,1-3H3,(H,13,14). The molecule has 1 N–H and O–H groups in total. The minimum absolute atomic E-state index is 0.109. The Kier molecular flexibility index (Phi) is 3.26. The van der Waals surface area contributed by atoms with E-state index in [1.54, 1.807) is 13.8 Å². The van der Waals surface area contributed by atoms with Crippen molar-refractivity contribution in [2.75, 3.05) is 0 Å². The minimum atomic E-state index is -1.11. The van der Waals surface area contributed by atoms with Crippen LogP contribution in [-0.4, -0.2) is 25.8 Å². The Morgan fingerprint density at radius 1 is 1.62 bits per heavy atom. The van der Waals surface area contributed by atoms with E-state index in [1.807, 2.05) is 0 Å². The SMILES string of the molecule is Cc1nn(C(C)C)c(CC(=O)O)c1[N+](=O)[O-]. The molecule has 0 saturated heterocycles. The first-order valence-corrected chi connectivity index (χ1v) is 4.78. The molecule has 0 saturated carbocycles. The van der Waals surface area contributed by atoms with Crippen molar-refractivity contribution in [3.05, 3.63) is 21.5 Å². The first-order chi connectivity index (χ1) is 7.34. The van der Waals surface area contributed by atoms with Crippen molar-refractivity contribution in [1.29, 1.82) is 0 Å². The summed E-state index contributed by atoms with van der Waals surface area (Å²) in [6.45, 7) is 5.09. The van der Waals surface area contributed by atoms with Crippen LogP contribution in [0.3, 0.4) is 0 Å². The van der Waals surface area contributed by atoms with Gasteiger partial charge in [0.2, 0.25) is 0 Å². The second-order valence-corrected chi connectivity index (χ2v) is 3.75. The van der Waals surface area contributed by atoms with Crippen molar-refractivity contribution in [3.63, 3.8) is 0 Å². The summed E-state index contributed by atoms with van der Waals surface area (Å²) in [6.07, 6.45) is -0.394. The second-order valence-electron chi connectivity index (χ2n) is 3.75. The van der Waals surface area contributed by atoms with Gasteiger partial charge in [0.25, 0.3) is 0 Å². The number of aryl methyl sites for hydroxylation is 1. The van der Waals surface area contributed by atoms with Crippen LogP contribution in [0, 0.1) is 17.0 Å². The molecule has 0 aliphatic rings. The predicted molar refractivity (Wildman–Crippen MR) is 55.3 cm³/mol. The van der Waals surface area contributed by atoms with Gasteiger partial charge in [0.1, 0.15) is 11.4 Å². The van der Waals surface area contributed by atoms with Gasteiger partial charge in [-0.1, -0.05) is 0 Å². The lowest BCUT2D eigenvalue weighted by molar-refractivity contribution is -0.386. The van der Waals surface area contributed by atoms with Crippen LogP contribution in [0.25, 0.3) is 0 Å². The molecule has 1 rings (SSSR count). The molecular weight excluding hydrogens is 214 g/mol. The molecule has 0 spiro atoms. The van der Waals surface area contributed by atoms with Crippen LogP contribution in [-0.2, 0) is 11.2 Å². The van der Waals surface area contributed by atoms with Crippen LogP contribution in [0.4, 0.5) is 5.69 Å². The van der Waals surface area contributed by atoms with Gasteiger partial charge in [0, 0.05) is 6.04 Å². The Bertz CT molecular complexity index is 436. The van der Waals surface area contributed by atoms with E-state index in [1.165, 1.54) is 11.6 Å². The molecule has 0 aliphatic heterocycles. The number of carboxylic acid groups (broad SMARTS) is 1. The smallest absolute Gasteiger partial charge is 0.313 e. The fourth-order valence-electron chi connectivity index (χ4n) is 1.56. The first-order valence-electron chi connectivity index (χ1n) is 4.78. The van der Waals surface area contributed by atoms with Crippen LogP contribution in [0.15, 0.2) is 0 Å². The van der Waals surface area contributed by atoms with Gasteiger partial charge in [-0.05, 0) is 20.8 Å². The molecule has 0 atom stereocenters. The lowest BCUT2D eigenvalue weighted by Gasteiger charge is -2.08. The van der Waals surface area contributed by atoms with Crippen molar-refractivity contribution >= 4 is 11.7 Å². The van der Waals surface area contributed by atoms with E-state index in [9.17, 15) is 14.9 Å². The molecule has 88 valence electrons. The number of carbonyl (C=O) groups is 1. The molecular formula is C9H13N3O4. The number of rotatable bonds is 4. The van der Waals surface area contributed by atoms with Crippen molar-refractivity contribution in [2.24, 2.45) is 0 Å². The number of hydrogen-bond donors (Lipinski definition) is 1. The van der Waals surface area contributed by atoms with E-state index in [0.717, 1.165) is 0 Å². The van der Waals surface area contributed by atoms with Crippen LogP contribution in [0.1, 0.15) is 31.3 Å². The zero-order valence-corrected chi connectivity index (χ0v) is 9.30. The summed E-state index contributed by atoms with van der Waals surface area (Å²) < 4.78 is 1.39. The number of aromatic nitrogens is 2. The zero-order chi connectivity index (χ0) is 12.5. The third kappa shape index (κ3) is 2.18. The van der Waals surface area contributed by atoms with Crippen molar-refractivity contribution in [1.82, 2.24) is 9.78 Å². The summed E-state index contributed by atoms with van der Waals surface area (Å²) >= 11 is 0. The lowest BCUT2D eigenvalue weighted by Crippen LogP contribution is -2.12. The summed E-state index contributed by atoms with van der Waals surface area (Å²) in [4.78, 5) is 20.9. The molecule has 1 aromatic rings. The summed E-state index contributed by atoms with van der Waals surface area (Å²) in [5, 5.41) is 23.5. The number of nitrogens with zero attached hydrogens (tertiary/aromatic N) is 3. The predicted octanol–water partition coefficient (Wildman–Crippen LogP) is 1.31. The highest BCUT2D eigenvalue weighted by Crippen LogP contribution is 2.25. The Morgan fingerprint density at radius 2 is 2.19 bits per heavy atom. The van der Waals surface area contributed by atoms with Gasteiger partial charge in [0.05, 0.1) is 11.3 Å². The van der Waals surface area contributed by atoms with Crippen molar-refractivity contribution in [2.45, 2.75) is 33.2 Å². The van der Waals surface area contributed by atoms with Gasteiger partial charge in [-0.2, -0.15) is 5.10 Å². The molecule has 1 aromatic heterocycles. The van der Waals surface area contributed by atoms with E-state index < -0.39 is 17.3 Å². The summed E-state index contributed by atoms with van der Waals surface area (Å²) in [6, 6.07) is -0.109. The number of hydrogen-bond acceptors (Lipinski definition) is 4. The molecule has 7 heteroatoms. The topological polar surface area (TPSA) is 98.3 Å². The van der Waals surface area contributed by atoms with E-state index >= 15 is 0 Å². The average Bonchev–Trinajstić information content (AvgIpc) is 2.41. The Balaban J connectivity index is 3.36. The fraction of sp³-hybridized carbons (Fsp3) is 0.556. The van der Waals surface area contributed by atoms with E-state index in [-0.39, 0.29) is 23.1 Å². The van der Waals surface area contributed by atoms with Crippen LogP contribution in [0.2, 0.25) is 0 Å². The van der Waals surface area contributed by atoms with Crippen LogP contribution >= 0.6 is 0 Å². The van der Waals surface area contributed by atoms with Gasteiger partial charge in [-0.25, -0.2) is 0 Å². The van der Waals surface area contributed by atoms with Crippen LogP contribution < -0.4 is 0 Å². The zero-order valence-electron chi connectivity index (χ0n) is 9.30. The molecule has 0 bridgehead atoms. The molecule has 0 aromatic carbocycles. The quantitative estimate of drug-likeness (QED) is 0.617. The molecule has 0 aliphatic carbocycles. The van der Waals surface area contributed by atoms with Gasteiger partial charge < -0.3 is 5.11 Å². The highest BCUT2D eigenvalue weighted by Gasteiger charge is 2.27. The maximum Gasteiger partial charge on any atom is 0.313 e. The van der Waals surface area contributed by atoms with E-state index in [2.05, 4.69) is 5.10 Å². The van der Waals surface area contributed by atoms with Gasteiger partial charge in [-0.15, -0.1) is 0 Å². The monoisotopic (exact) mass is 227 g/mol. The normalized spacial score (nSPS) is 10.8.